The number of anilines is 1. The second-order valence-corrected chi connectivity index (χ2v) is 7.56. The van der Waals surface area contributed by atoms with Crippen molar-refractivity contribution < 1.29 is 18.7 Å². The van der Waals surface area contributed by atoms with Gasteiger partial charge in [0.2, 0.25) is 0 Å². The number of carbonyl (C=O) groups excluding carboxylic acids is 2. The van der Waals surface area contributed by atoms with Gasteiger partial charge in [0.1, 0.15) is 0 Å². The van der Waals surface area contributed by atoms with Gasteiger partial charge in [-0.15, -0.1) is 0 Å². The maximum absolute atomic E-state index is 13.1. The number of furan rings is 1. The smallest absolute Gasteiger partial charge is 0.338 e. The zero-order valence-electron chi connectivity index (χ0n) is 15.3. The van der Waals surface area contributed by atoms with E-state index in [0.29, 0.717) is 31.5 Å². The highest BCUT2D eigenvalue weighted by atomic mass is 79.9. The molecule has 8 heteroatoms. The van der Waals surface area contributed by atoms with E-state index in [2.05, 4.69) is 15.9 Å². The quantitative estimate of drug-likeness (QED) is 0.372. The van der Waals surface area contributed by atoms with E-state index in [0.717, 1.165) is 0 Å². The van der Waals surface area contributed by atoms with E-state index in [-0.39, 0.29) is 24.8 Å². The van der Waals surface area contributed by atoms with Crippen LogP contribution in [-0.4, -0.2) is 18.5 Å². The van der Waals surface area contributed by atoms with Crippen LogP contribution in [0, 0.1) is 0 Å². The lowest BCUT2D eigenvalue weighted by Gasteiger charge is -2.23. The van der Waals surface area contributed by atoms with Crippen molar-refractivity contribution in [3.63, 3.8) is 0 Å². The van der Waals surface area contributed by atoms with Crippen LogP contribution in [-0.2, 0) is 11.3 Å². The van der Waals surface area contributed by atoms with Crippen molar-refractivity contribution in [3.8, 4) is 0 Å². The lowest BCUT2D eigenvalue weighted by Crippen LogP contribution is -2.30. The van der Waals surface area contributed by atoms with Crippen molar-refractivity contribution in [2.75, 3.05) is 11.5 Å². The van der Waals surface area contributed by atoms with E-state index in [4.69, 9.17) is 32.4 Å². The molecule has 0 radical (unpaired) electrons. The first-order valence-corrected chi connectivity index (χ1v) is 10.2. The summed E-state index contributed by atoms with van der Waals surface area (Å²) in [6, 6.07) is 14.9. The SMILES string of the molecule is CCOC(=O)c1ccc(N(Cc2c(Cl)cccc2Cl)C(=O)c2ccc(Br)o2)cc1. The van der Waals surface area contributed by atoms with Gasteiger partial charge in [-0.05, 0) is 71.4 Å². The third-order valence-corrected chi connectivity index (χ3v) is 5.23. The van der Waals surface area contributed by atoms with E-state index in [1.165, 1.54) is 4.90 Å². The van der Waals surface area contributed by atoms with Crippen molar-refractivity contribution in [2.24, 2.45) is 0 Å². The molecule has 0 atom stereocenters. The number of ether oxygens (including phenoxy) is 1. The molecule has 5 nitrogen and oxygen atoms in total. The molecule has 0 aliphatic rings. The van der Waals surface area contributed by atoms with Gasteiger partial charge in [0.05, 0.1) is 18.7 Å². The zero-order valence-corrected chi connectivity index (χ0v) is 18.4. The molecule has 0 spiro atoms. The fraction of sp³-hybridized carbons (Fsp3) is 0.143. The number of amides is 1. The highest BCUT2D eigenvalue weighted by Crippen LogP contribution is 2.29. The molecule has 0 aliphatic heterocycles. The summed E-state index contributed by atoms with van der Waals surface area (Å²) >= 11 is 15.8. The molecule has 0 unspecified atom stereocenters. The van der Waals surface area contributed by atoms with Crippen molar-refractivity contribution in [1.29, 1.82) is 0 Å². The second kappa shape index (κ2) is 9.48. The van der Waals surface area contributed by atoms with Gasteiger partial charge in [0.25, 0.3) is 5.91 Å². The Balaban J connectivity index is 1.98. The summed E-state index contributed by atoms with van der Waals surface area (Å²) in [5, 5.41) is 0.887. The fourth-order valence-corrected chi connectivity index (χ4v) is 3.50. The molecule has 1 aromatic heterocycles. The third-order valence-electron chi connectivity index (χ3n) is 4.10. The average Bonchev–Trinajstić information content (AvgIpc) is 3.14. The number of carbonyl (C=O) groups is 2. The molecule has 150 valence electrons. The van der Waals surface area contributed by atoms with Crippen LogP contribution in [0.3, 0.4) is 0 Å². The van der Waals surface area contributed by atoms with E-state index >= 15 is 0 Å². The number of benzene rings is 2. The summed E-state index contributed by atoms with van der Waals surface area (Å²) in [6.07, 6.45) is 0. The van der Waals surface area contributed by atoms with E-state index in [1.54, 1.807) is 61.5 Å². The monoisotopic (exact) mass is 495 g/mol. The van der Waals surface area contributed by atoms with Crippen LogP contribution >= 0.6 is 39.1 Å². The molecule has 0 fully saturated rings. The molecule has 29 heavy (non-hydrogen) atoms. The molecule has 0 bridgehead atoms. The number of nitrogens with zero attached hydrogens (tertiary/aromatic N) is 1. The van der Waals surface area contributed by atoms with Crippen LogP contribution < -0.4 is 4.90 Å². The van der Waals surface area contributed by atoms with Crippen LogP contribution in [0.5, 0.6) is 0 Å². The molecule has 0 N–H and O–H groups in total. The minimum Gasteiger partial charge on any atom is -0.462 e. The highest BCUT2D eigenvalue weighted by molar-refractivity contribution is 9.10. The summed E-state index contributed by atoms with van der Waals surface area (Å²) in [5.74, 6) is -0.661. The van der Waals surface area contributed by atoms with Gasteiger partial charge >= 0.3 is 5.97 Å². The number of halogens is 3. The largest absolute Gasteiger partial charge is 0.462 e. The van der Waals surface area contributed by atoms with Crippen LogP contribution in [0.15, 0.2) is 63.7 Å². The van der Waals surface area contributed by atoms with Crippen LogP contribution in [0.25, 0.3) is 0 Å². The van der Waals surface area contributed by atoms with Gasteiger partial charge < -0.3 is 14.1 Å². The van der Waals surface area contributed by atoms with Crippen molar-refractivity contribution in [1.82, 2.24) is 0 Å². The van der Waals surface area contributed by atoms with Crippen LogP contribution in [0.4, 0.5) is 5.69 Å². The maximum atomic E-state index is 13.1. The molecule has 0 saturated heterocycles. The first kappa shape index (κ1) is 21.4. The topological polar surface area (TPSA) is 59.8 Å². The number of esters is 1. The Morgan fingerprint density at radius 3 is 2.24 bits per heavy atom. The molecule has 1 amide bonds. The van der Waals surface area contributed by atoms with E-state index < -0.39 is 5.97 Å². The van der Waals surface area contributed by atoms with Gasteiger partial charge in [-0.1, -0.05) is 29.3 Å². The minimum absolute atomic E-state index is 0.119. The zero-order chi connectivity index (χ0) is 21.0. The molecule has 0 aliphatic carbocycles. The Morgan fingerprint density at radius 2 is 1.69 bits per heavy atom. The molecule has 2 aromatic carbocycles. The molecule has 3 aromatic rings. The first-order valence-electron chi connectivity index (χ1n) is 8.68. The standard InChI is InChI=1S/C21H16BrCl2NO4/c1-2-28-21(27)13-6-8-14(9-7-13)25(20(26)18-10-11-19(22)29-18)12-15-16(23)4-3-5-17(15)24/h3-11H,2,12H2,1H3. The summed E-state index contributed by atoms with van der Waals surface area (Å²) in [5.41, 5.74) is 1.54. The Morgan fingerprint density at radius 1 is 1.03 bits per heavy atom. The summed E-state index contributed by atoms with van der Waals surface area (Å²) in [4.78, 5) is 26.5. The molecular weight excluding hydrogens is 481 g/mol. The summed E-state index contributed by atoms with van der Waals surface area (Å²) in [7, 11) is 0. The third kappa shape index (κ3) is 5.01. The lowest BCUT2D eigenvalue weighted by molar-refractivity contribution is 0.0526. The van der Waals surface area contributed by atoms with Gasteiger partial charge in [-0.25, -0.2) is 4.79 Å². The number of hydrogen-bond acceptors (Lipinski definition) is 4. The second-order valence-electron chi connectivity index (χ2n) is 5.96. The first-order chi connectivity index (χ1) is 13.9. The van der Waals surface area contributed by atoms with Crippen LogP contribution in [0.1, 0.15) is 33.4 Å². The fourth-order valence-electron chi connectivity index (χ4n) is 2.68. The predicted octanol–water partition coefficient (Wildman–Crippen LogP) is 6.37. The summed E-state index contributed by atoms with van der Waals surface area (Å²) < 4.78 is 10.9. The number of rotatable bonds is 6. The maximum Gasteiger partial charge on any atom is 0.338 e. The Bertz CT molecular complexity index is 1010. The predicted molar refractivity (Wildman–Crippen MR) is 116 cm³/mol. The molecule has 3 rings (SSSR count). The van der Waals surface area contributed by atoms with Crippen molar-refractivity contribution in [3.05, 3.63) is 86.2 Å². The summed E-state index contributed by atoms with van der Waals surface area (Å²) in [6.45, 7) is 2.14. The Hall–Kier alpha value is -2.28. The molecular formula is C21H16BrCl2NO4. The van der Waals surface area contributed by atoms with Gasteiger partial charge in [0.15, 0.2) is 10.4 Å². The van der Waals surface area contributed by atoms with Gasteiger partial charge in [-0.2, -0.15) is 0 Å². The van der Waals surface area contributed by atoms with Crippen molar-refractivity contribution in [2.45, 2.75) is 13.5 Å². The number of hydrogen-bond donors (Lipinski definition) is 0. The van der Waals surface area contributed by atoms with E-state index in [1.807, 2.05) is 0 Å². The van der Waals surface area contributed by atoms with E-state index in [9.17, 15) is 9.59 Å². The average molecular weight is 497 g/mol. The Labute approximate surface area is 186 Å². The Kier molecular flexibility index (Phi) is 7.00. The minimum atomic E-state index is -0.430. The van der Waals surface area contributed by atoms with Gasteiger partial charge in [0, 0.05) is 21.3 Å². The molecule has 1 heterocycles. The highest BCUT2D eigenvalue weighted by Gasteiger charge is 2.23. The lowest BCUT2D eigenvalue weighted by atomic mass is 10.1. The normalized spacial score (nSPS) is 10.6. The molecule has 0 saturated carbocycles. The van der Waals surface area contributed by atoms with Crippen LogP contribution in [0.2, 0.25) is 10.0 Å². The van der Waals surface area contributed by atoms with Gasteiger partial charge in [-0.3, -0.25) is 4.79 Å². The van der Waals surface area contributed by atoms with Crippen molar-refractivity contribution >= 4 is 56.7 Å².